The minimum Gasteiger partial charge on any atom is -0.334 e. The van der Waals surface area contributed by atoms with E-state index in [1.807, 2.05) is 0 Å². The standard InChI is InChI=1S/C42H42N4/c1-4-5-25-43-26-23-36(28-32(43)2)37-24-27-44(33(3)29-37)30-34-19-21-35(22-20-34)31-45-39-15-9-11-17-41(39)46(38-13-7-6-8-14-38)42-18-12-10-16-40(42)45/h6-24,26-29H,4-5,25,30-31H2,1-3H3/q+2. The smallest absolute Gasteiger partial charge is 0.179 e. The zero-order valence-electron chi connectivity index (χ0n) is 27.1. The summed E-state index contributed by atoms with van der Waals surface area (Å²) >= 11 is 0. The van der Waals surface area contributed by atoms with E-state index in [0.717, 1.165) is 19.6 Å². The number of aryl methyl sites for hydroxylation is 3. The Morgan fingerprint density at radius 2 is 1.07 bits per heavy atom. The number of hydrogen-bond donors (Lipinski definition) is 0. The molecule has 1 aliphatic rings. The molecule has 0 N–H and O–H groups in total. The van der Waals surface area contributed by atoms with Crippen LogP contribution in [0.3, 0.4) is 0 Å². The van der Waals surface area contributed by atoms with Crippen LogP contribution in [0.5, 0.6) is 0 Å². The first-order chi connectivity index (χ1) is 22.6. The monoisotopic (exact) mass is 602 g/mol. The topological polar surface area (TPSA) is 14.2 Å². The highest BCUT2D eigenvalue weighted by atomic mass is 15.3. The van der Waals surface area contributed by atoms with Crippen molar-refractivity contribution in [3.05, 3.63) is 162 Å². The van der Waals surface area contributed by atoms with Crippen LogP contribution in [0.1, 0.15) is 42.3 Å². The van der Waals surface area contributed by atoms with Gasteiger partial charge in [-0.2, -0.15) is 4.57 Å². The summed E-state index contributed by atoms with van der Waals surface area (Å²) in [4.78, 5) is 4.82. The number of hydrogen-bond acceptors (Lipinski definition) is 2. The summed E-state index contributed by atoms with van der Waals surface area (Å²) in [6, 6.07) is 46.4. The van der Waals surface area contributed by atoms with Gasteiger partial charge in [-0.05, 0) is 53.1 Å². The number of fused-ring (bicyclic) bond motifs is 2. The Kier molecular flexibility index (Phi) is 8.35. The van der Waals surface area contributed by atoms with E-state index in [1.54, 1.807) is 0 Å². The normalized spacial score (nSPS) is 12.2. The average molecular weight is 603 g/mol. The van der Waals surface area contributed by atoms with Gasteiger partial charge in [-0.25, -0.2) is 4.57 Å². The number of para-hydroxylation sites is 5. The SMILES string of the molecule is CCCC[n+]1ccc(-c2cc[n+](Cc3ccc(CN4c5ccccc5N(c5ccccc5)c5ccccc54)cc3)c(C)c2)cc1C. The molecule has 3 heterocycles. The van der Waals surface area contributed by atoms with Gasteiger partial charge in [0.25, 0.3) is 0 Å². The molecule has 0 saturated heterocycles. The maximum Gasteiger partial charge on any atom is 0.179 e. The number of pyridine rings is 2. The minimum atomic E-state index is 0.798. The number of rotatable bonds is 9. The van der Waals surface area contributed by atoms with Crippen LogP contribution in [0.4, 0.5) is 28.4 Å². The molecule has 46 heavy (non-hydrogen) atoms. The van der Waals surface area contributed by atoms with Crippen molar-refractivity contribution in [3.8, 4) is 11.1 Å². The van der Waals surface area contributed by atoms with Crippen molar-refractivity contribution in [2.24, 2.45) is 0 Å². The van der Waals surface area contributed by atoms with Crippen molar-refractivity contribution in [1.29, 1.82) is 0 Å². The van der Waals surface area contributed by atoms with Crippen LogP contribution < -0.4 is 18.9 Å². The van der Waals surface area contributed by atoms with E-state index >= 15 is 0 Å². The fourth-order valence-corrected chi connectivity index (χ4v) is 6.58. The molecular formula is C42H42N4+2. The van der Waals surface area contributed by atoms with Crippen molar-refractivity contribution >= 4 is 28.4 Å². The Morgan fingerprint density at radius 1 is 0.543 bits per heavy atom. The van der Waals surface area contributed by atoms with E-state index in [9.17, 15) is 0 Å². The van der Waals surface area contributed by atoms with Crippen molar-refractivity contribution in [2.75, 3.05) is 9.80 Å². The average Bonchev–Trinajstić information content (AvgIpc) is 3.09. The molecule has 0 aliphatic carbocycles. The first-order valence-electron chi connectivity index (χ1n) is 16.5. The van der Waals surface area contributed by atoms with Gasteiger partial charge in [-0.15, -0.1) is 0 Å². The second-order valence-electron chi connectivity index (χ2n) is 12.3. The summed E-state index contributed by atoms with van der Waals surface area (Å²) in [6.07, 6.45) is 6.89. The second-order valence-corrected chi connectivity index (χ2v) is 12.3. The molecule has 0 unspecified atom stereocenters. The molecule has 0 fully saturated rings. The number of nitrogens with zero attached hydrogens (tertiary/aromatic N) is 4. The maximum atomic E-state index is 2.45. The summed E-state index contributed by atoms with van der Waals surface area (Å²) < 4.78 is 4.69. The van der Waals surface area contributed by atoms with E-state index in [-0.39, 0.29) is 0 Å². The maximum absolute atomic E-state index is 2.45. The molecule has 2 aromatic heterocycles. The minimum absolute atomic E-state index is 0.798. The Bertz CT molecular complexity index is 1920. The first-order valence-corrected chi connectivity index (χ1v) is 16.5. The summed E-state index contributed by atoms with van der Waals surface area (Å²) in [5.74, 6) is 0. The quantitative estimate of drug-likeness (QED) is 0.153. The summed E-state index contributed by atoms with van der Waals surface area (Å²) in [5.41, 5.74) is 13.7. The lowest BCUT2D eigenvalue weighted by atomic mass is 10.0. The lowest BCUT2D eigenvalue weighted by molar-refractivity contribution is -0.703. The van der Waals surface area contributed by atoms with Crippen molar-refractivity contribution in [3.63, 3.8) is 0 Å². The molecule has 228 valence electrons. The first kappa shape index (κ1) is 29.5. The number of aromatic nitrogens is 2. The molecule has 0 saturated carbocycles. The van der Waals surface area contributed by atoms with Gasteiger partial charge in [0, 0.05) is 62.3 Å². The molecule has 4 aromatic carbocycles. The molecule has 0 amide bonds. The molecule has 0 bridgehead atoms. The zero-order valence-corrected chi connectivity index (χ0v) is 27.1. The van der Waals surface area contributed by atoms with Crippen LogP contribution in [-0.4, -0.2) is 0 Å². The highest BCUT2D eigenvalue weighted by Gasteiger charge is 2.29. The molecule has 4 nitrogen and oxygen atoms in total. The van der Waals surface area contributed by atoms with E-state index in [1.165, 1.54) is 74.9 Å². The fraction of sp³-hybridized carbons (Fsp3) is 0.190. The van der Waals surface area contributed by atoms with Gasteiger partial charge in [0.05, 0.1) is 22.7 Å². The molecule has 6 aromatic rings. The van der Waals surface area contributed by atoms with Gasteiger partial charge in [0.2, 0.25) is 0 Å². The van der Waals surface area contributed by atoms with E-state index < -0.39 is 0 Å². The Balaban J connectivity index is 1.10. The Morgan fingerprint density at radius 3 is 1.63 bits per heavy atom. The van der Waals surface area contributed by atoms with Gasteiger partial charge >= 0.3 is 0 Å². The summed E-state index contributed by atoms with van der Waals surface area (Å²) in [5, 5.41) is 0. The molecule has 0 radical (unpaired) electrons. The Hall–Kier alpha value is -5.22. The van der Waals surface area contributed by atoms with Crippen LogP contribution in [0.25, 0.3) is 11.1 Å². The van der Waals surface area contributed by atoms with Crippen LogP contribution >= 0.6 is 0 Å². The van der Waals surface area contributed by atoms with Crippen molar-refractivity contribution in [2.45, 2.75) is 53.2 Å². The van der Waals surface area contributed by atoms with Crippen LogP contribution in [0, 0.1) is 13.8 Å². The van der Waals surface area contributed by atoms with Gasteiger partial charge in [-0.3, -0.25) is 0 Å². The fourth-order valence-electron chi connectivity index (χ4n) is 6.58. The van der Waals surface area contributed by atoms with Crippen LogP contribution in [0.15, 0.2) is 140 Å². The van der Waals surface area contributed by atoms with Gasteiger partial charge in [0.1, 0.15) is 6.54 Å². The second kappa shape index (κ2) is 13.0. The molecule has 0 spiro atoms. The number of anilines is 5. The van der Waals surface area contributed by atoms with E-state index in [0.29, 0.717) is 0 Å². The molecular weight excluding hydrogens is 560 g/mol. The van der Waals surface area contributed by atoms with Gasteiger partial charge in [-0.1, -0.05) is 80.1 Å². The van der Waals surface area contributed by atoms with Crippen molar-refractivity contribution in [1.82, 2.24) is 0 Å². The third-order valence-corrected chi connectivity index (χ3v) is 9.15. The highest BCUT2D eigenvalue weighted by molar-refractivity contribution is 5.97. The number of benzene rings is 4. The largest absolute Gasteiger partial charge is 0.334 e. The van der Waals surface area contributed by atoms with Crippen LogP contribution in [0.2, 0.25) is 0 Å². The predicted octanol–water partition coefficient (Wildman–Crippen LogP) is 9.52. The Labute approximate surface area is 273 Å². The third kappa shape index (κ3) is 5.91. The zero-order chi connectivity index (χ0) is 31.5. The predicted molar refractivity (Wildman–Crippen MR) is 189 cm³/mol. The molecule has 1 aliphatic heterocycles. The van der Waals surface area contributed by atoms with E-state index in [2.05, 4.69) is 179 Å². The molecule has 4 heteroatoms. The van der Waals surface area contributed by atoms with Gasteiger partial charge < -0.3 is 9.80 Å². The number of unbranched alkanes of at least 4 members (excludes halogenated alkanes) is 1. The molecule has 0 atom stereocenters. The van der Waals surface area contributed by atoms with E-state index in [4.69, 9.17) is 0 Å². The van der Waals surface area contributed by atoms with Crippen LogP contribution in [-0.2, 0) is 19.6 Å². The lowest BCUT2D eigenvalue weighted by Gasteiger charge is -2.40. The highest BCUT2D eigenvalue weighted by Crippen LogP contribution is 2.51. The molecule has 7 rings (SSSR count). The summed E-state index contributed by atoms with van der Waals surface area (Å²) in [7, 11) is 0. The summed E-state index contributed by atoms with van der Waals surface area (Å²) in [6.45, 7) is 9.39. The van der Waals surface area contributed by atoms with Crippen molar-refractivity contribution < 1.29 is 9.13 Å². The lowest BCUT2D eigenvalue weighted by Crippen LogP contribution is -2.37. The van der Waals surface area contributed by atoms with Gasteiger partial charge in [0.15, 0.2) is 30.3 Å². The third-order valence-electron chi connectivity index (χ3n) is 9.15.